The third-order valence-corrected chi connectivity index (χ3v) is 9.80. The topological polar surface area (TPSA) is 51.9 Å². The highest BCUT2D eigenvalue weighted by molar-refractivity contribution is 5.92. The van der Waals surface area contributed by atoms with Crippen molar-refractivity contribution in [2.45, 2.75) is 77.2 Å². The number of hydrogen-bond donors (Lipinski definition) is 0. The summed E-state index contributed by atoms with van der Waals surface area (Å²) in [5.41, 5.74) is 9.00. The Morgan fingerprint density at radius 2 is 1.53 bits per heavy atom. The minimum absolute atomic E-state index is 0.106. The number of ether oxygens (including phenoxy) is 2. The molecule has 2 heterocycles. The zero-order valence-corrected chi connectivity index (χ0v) is 26.5. The van der Waals surface area contributed by atoms with Crippen molar-refractivity contribution in [2.75, 3.05) is 20.8 Å². The van der Waals surface area contributed by atoms with Crippen molar-refractivity contribution in [1.29, 1.82) is 0 Å². The van der Waals surface area contributed by atoms with Crippen LogP contribution in [0.2, 0.25) is 0 Å². The van der Waals surface area contributed by atoms with Gasteiger partial charge in [0.05, 0.1) is 20.3 Å². The molecule has 1 aliphatic carbocycles. The Balaban J connectivity index is 1.32. The number of carbonyl (C=O) groups is 1. The number of carbonyl (C=O) groups excluding carboxylic acids is 1. The number of methoxy groups -OCH3 is 2. The number of amides is 1. The summed E-state index contributed by atoms with van der Waals surface area (Å²) in [6, 6.07) is 22.6. The van der Waals surface area contributed by atoms with Gasteiger partial charge in [0.25, 0.3) is 5.91 Å². The van der Waals surface area contributed by atoms with Gasteiger partial charge in [-0.05, 0) is 100 Å². The van der Waals surface area contributed by atoms with Crippen LogP contribution in [0.15, 0.2) is 71.1 Å². The summed E-state index contributed by atoms with van der Waals surface area (Å²) in [5.74, 6) is 2.43. The zero-order valence-electron chi connectivity index (χ0n) is 26.5. The number of aryl methyl sites for hydroxylation is 1. The molecule has 2 aliphatic rings. The molecule has 5 nitrogen and oxygen atoms in total. The number of benzene rings is 3. The molecule has 0 spiro atoms. The van der Waals surface area contributed by atoms with Gasteiger partial charge in [-0.15, -0.1) is 0 Å². The first-order valence-corrected chi connectivity index (χ1v) is 15.4. The third kappa shape index (κ3) is 5.24. The predicted molar refractivity (Wildman–Crippen MR) is 171 cm³/mol. The first-order chi connectivity index (χ1) is 20.5. The molecule has 6 rings (SSSR count). The van der Waals surface area contributed by atoms with E-state index in [9.17, 15) is 4.79 Å². The Kier molecular flexibility index (Phi) is 7.40. The van der Waals surface area contributed by atoms with Crippen LogP contribution in [0.25, 0.3) is 0 Å². The third-order valence-electron chi connectivity index (χ3n) is 9.80. The van der Waals surface area contributed by atoms with E-state index in [1.165, 1.54) is 35.1 Å². The second kappa shape index (κ2) is 10.9. The molecule has 4 aromatic rings. The van der Waals surface area contributed by atoms with Gasteiger partial charge >= 0.3 is 0 Å². The standard InChI is InChI=1S/C38H43NO4/c1-24-19-30-31(38(4,5)17-16-37(30,2)3)21-27(24)20-28-13-14-32(43-28)36(40)39-18-15-26-22-33(41-6)34(42-7)23-29(26)35(39)25-11-9-8-10-12-25/h8-14,19,21-23,35H,15-18,20H2,1-7H3. The molecule has 0 N–H and O–H groups in total. The fourth-order valence-corrected chi connectivity index (χ4v) is 7.03. The van der Waals surface area contributed by atoms with Crippen molar-refractivity contribution in [3.05, 3.63) is 117 Å². The van der Waals surface area contributed by atoms with Crippen LogP contribution in [0.1, 0.15) is 102 Å². The Bertz CT molecular complexity index is 1660. The van der Waals surface area contributed by atoms with E-state index in [4.69, 9.17) is 13.9 Å². The Morgan fingerprint density at radius 1 is 0.884 bits per heavy atom. The molecule has 1 amide bonds. The minimum Gasteiger partial charge on any atom is -0.493 e. The number of fused-ring (bicyclic) bond motifs is 2. The fourth-order valence-electron chi connectivity index (χ4n) is 7.03. The number of furan rings is 1. The first kappa shape index (κ1) is 29.1. The molecule has 1 aromatic heterocycles. The number of nitrogens with zero attached hydrogens (tertiary/aromatic N) is 1. The van der Waals surface area contributed by atoms with E-state index in [2.05, 4.69) is 58.9 Å². The number of hydrogen-bond acceptors (Lipinski definition) is 4. The van der Waals surface area contributed by atoms with Crippen LogP contribution in [-0.2, 0) is 23.7 Å². The normalized spacial score (nSPS) is 18.5. The molecule has 43 heavy (non-hydrogen) atoms. The van der Waals surface area contributed by atoms with Crippen molar-refractivity contribution < 1.29 is 18.7 Å². The lowest BCUT2D eigenvalue weighted by atomic mass is 9.62. The molecule has 0 saturated heterocycles. The Morgan fingerprint density at radius 3 is 2.21 bits per heavy atom. The summed E-state index contributed by atoms with van der Waals surface area (Å²) in [7, 11) is 3.30. The quantitative estimate of drug-likeness (QED) is 0.231. The van der Waals surface area contributed by atoms with E-state index in [-0.39, 0.29) is 22.8 Å². The van der Waals surface area contributed by atoms with Crippen LogP contribution in [0, 0.1) is 6.92 Å². The van der Waals surface area contributed by atoms with Crippen LogP contribution in [0.5, 0.6) is 11.5 Å². The van der Waals surface area contributed by atoms with Crippen LogP contribution in [0.3, 0.4) is 0 Å². The molecule has 1 unspecified atom stereocenters. The summed E-state index contributed by atoms with van der Waals surface area (Å²) < 4.78 is 17.5. The summed E-state index contributed by atoms with van der Waals surface area (Å²) in [5, 5.41) is 0. The first-order valence-electron chi connectivity index (χ1n) is 15.4. The van der Waals surface area contributed by atoms with E-state index in [1.807, 2.05) is 47.4 Å². The summed E-state index contributed by atoms with van der Waals surface area (Å²) >= 11 is 0. The van der Waals surface area contributed by atoms with E-state index in [0.717, 1.165) is 28.9 Å². The van der Waals surface area contributed by atoms with Crippen LogP contribution in [0.4, 0.5) is 0 Å². The van der Waals surface area contributed by atoms with Crippen LogP contribution >= 0.6 is 0 Å². The maximum atomic E-state index is 14.1. The van der Waals surface area contributed by atoms with E-state index in [1.54, 1.807) is 14.2 Å². The van der Waals surface area contributed by atoms with Crippen LogP contribution < -0.4 is 9.47 Å². The molecule has 1 aliphatic heterocycles. The molecule has 1 atom stereocenters. The van der Waals surface area contributed by atoms with Crippen molar-refractivity contribution in [3.8, 4) is 11.5 Å². The smallest absolute Gasteiger partial charge is 0.290 e. The summed E-state index contributed by atoms with van der Waals surface area (Å²) in [6.45, 7) is 12.2. The molecule has 0 radical (unpaired) electrons. The highest BCUT2D eigenvalue weighted by Crippen LogP contribution is 2.47. The van der Waals surface area contributed by atoms with Crippen molar-refractivity contribution in [2.24, 2.45) is 0 Å². The van der Waals surface area contributed by atoms with Gasteiger partial charge in [-0.1, -0.05) is 70.2 Å². The average Bonchev–Trinajstić information content (AvgIpc) is 3.47. The molecule has 3 aromatic carbocycles. The monoisotopic (exact) mass is 577 g/mol. The van der Waals surface area contributed by atoms with Gasteiger partial charge in [0, 0.05) is 13.0 Å². The maximum Gasteiger partial charge on any atom is 0.290 e. The molecular weight excluding hydrogens is 534 g/mol. The van der Waals surface area contributed by atoms with Gasteiger partial charge in [0.15, 0.2) is 17.3 Å². The van der Waals surface area contributed by atoms with Crippen molar-refractivity contribution in [3.63, 3.8) is 0 Å². The van der Waals surface area contributed by atoms with Gasteiger partial charge in [-0.25, -0.2) is 0 Å². The molecule has 224 valence electrons. The minimum atomic E-state index is -0.265. The molecular formula is C38H43NO4. The van der Waals surface area contributed by atoms with E-state index < -0.39 is 0 Å². The highest BCUT2D eigenvalue weighted by atomic mass is 16.5. The fraction of sp³-hybridized carbons (Fsp3) is 0.395. The van der Waals surface area contributed by atoms with E-state index in [0.29, 0.717) is 30.2 Å². The zero-order chi connectivity index (χ0) is 30.5. The Labute approximate surface area is 255 Å². The average molecular weight is 578 g/mol. The second-order valence-corrected chi connectivity index (χ2v) is 13.5. The second-order valence-electron chi connectivity index (χ2n) is 13.5. The lowest BCUT2D eigenvalue weighted by Crippen LogP contribution is -2.40. The predicted octanol–water partition coefficient (Wildman–Crippen LogP) is 8.33. The van der Waals surface area contributed by atoms with Crippen molar-refractivity contribution >= 4 is 5.91 Å². The number of rotatable bonds is 6. The van der Waals surface area contributed by atoms with Gasteiger partial charge in [-0.3, -0.25) is 4.79 Å². The van der Waals surface area contributed by atoms with Gasteiger partial charge < -0.3 is 18.8 Å². The van der Waals surface area contributed by atoms with Crippen molar-refractivity contribution in [1.82, 2.24) is 4.90 Å². The highest BCUT2D eigenvalue weighted by Gasteiger charge is 2.38. The summed E-state index contributed by atoms with van der Waals surface area (Å²) in [4.78, 5) is 16.1. The SMILES string of the molecule is COc1cc2c(cc1OC)C(c1ccccc1)N(C(=O)c1ccc(Cc3cc4c(cc3C)C(C)(C)CCC4(C)C)o1)CC2. The van der Waals surface area contributed by atoms with E-state index >= 15 is 0 Å². The van der Waals surface area contributed by atoms with Gasteiger partial charge in [0.1, 0.15) is 5.76 Å². The largest absolute Gasteiger partial charge is 0.493 e. The maximum absolute atomic E-state index is 14.1. The molecule has 5 heteroatoms. The molecule has 0 fully saturated rings. The lowest BCUT2D eigenvalue weighted by Gasteiger charge is -2.42. The lowest BCUT2D eigenvalue weighted by molar-refractivity contribution is 0.0659. The van der Waals surface area contributed by atoms with Gasteiger partial charge in [0.2, 0.25) is 0 Å². The van der Waals surface area contributed by atoms with Crippen LogP contribution in [-0.4, -0.2) is 31.6 Å². The Hall–Kier alpha value is -3.99. The molecule has 0 saturated carbocycles. The van der Waals surface area contributed by atoms with Gasteiger partial charge in [-0.2, -0.15) is 0 Å². The summed E-state index contributed by atoms with van der Waals surface area (Å²) in [6.07, 6.45) is 3.75. The molecule has 0 bridgehead atoms.